The molecule has 0 radical (unpaired) electrons. The van der Waals surface area contributed by atoms with Crippen LogP contribution >= 0.6 is 0 Å². The minimum absolute atomic E-state index is 0.0576. The van der Waals surface area contributed by atoms with Crippen LogP contribution in [0.25, 0.3) is 0 Å². The first-order chi connectivity index (χ1) is 11.2. The van der Waals surface area contributed by atoms with Gasteiger partial charge in [0.05, 0.1) is 0 Å². The highest BCUT2D eigenvalue weighted by Gasteiger charge is 2.41. The molecule has 0 fully saturated rings. The second kappa shape index (κ2) is 6.81. The first kappa shape index (κ1) is 18.3. The summed E-state index contributed by atoms with van der Waals surface area (Å²) in [6, 6.07) is 0. The Morgan fingerprint density at radius 3 is 2.46 bits per heavy atom. The number of carboxylic acid groups (broad SMARTS) is 1. The molecular weight excluding hydrogens is 312 g/mol. The lowest BCUT2D eigenvalue weighted by molar-refractivity contribution is -0.155. The van der Waals surface area contributed by atoms with E-state index in [1.165, 1.54) is 0 Å². The summed E-state index contributed by atoms with van der Waals surface area (Å²) >= 11 is 0. The molecule has 0 aromatic heterocycles. The van der Waals surface area contributed by atoms with Gasteiger partial charge in [-0.2, -0.15) is 0 Å². The molecule has 0 saturated heterocycles. The van der Waals surface area contributed by atoms with Gasteiger partial charge in [-0.15, -0.1) is 0 Å². The number of aliphatic hydroxyl groups excluding tert-OH is 1. The summed E-state index contributed by atoms with van der Waals surface area (Å²) in [5.74, 6) is -0.280. The number of fused-ring (bicyclic) bond motifs is 1. The molecule has 0 spiro atoms. The molecule has 132 valence electrons. The van der Waals surface area contributed by atoms with Crippen LogP contribution in [0.1, 0.15) is 48.4 Å². The predicted molar refractivity (Wildman–Crippen MR) is 87.6 cm³/mol. The minimum atomic E-state index is -1.24. The molecule has 6 heteroatoms. The van der Waals surface area contributed by atoms with Crippen LogP contribution in [0.4, 0.5) is 0 Å². The van der Waals surface area contributed by atoms with Crippen molar-refractivity contribution in [2.45, 2.75) is 59.0 Å². The van der Waals surface area contributed by atoms with E-state index in [-0.39, 0.29) is 19.0 Å². The van der Waals surface area contributed by atoms with Crippen LogP contribution in [0.2, 0.25) is 0 Å². The van der Waals surface area contributed by atoms with E-state index in [1.807, 2.05) is 20.8 Å². The van der Waals surface area contributed by atoms with E-state index >= 15 is 0 Å². The van der Waals surface area contributed by atoms with Gasteiger partial charge in [-0.25, -0.2) is 4.79 Å². The standard InChI is InChI=1S/C18H24O6/c1-10-11(2)16-13(7-8-18(4,24-16)17(21)22)12(3)15(10)23-14(20)6-5-9-19/h19H,5-9H2,1-4H3,(H,21,22). The highest BCUT2D eigenvalue weighted by atomic mass is 16.5. The number of aliphatic hydroxyl groups is 1. The number of benzene rings is 1. The molecule has 1 unspecified atom stereocenters. The van der Waals surface area contributed by atoms with E-state index in [2.05, 4.69) is 0 Å². The number of esters is 1. The summed E-state index contributed by atoms with van der Waals surface area (Å²) in [5, 5.41) is 18.2. The summed E-state index contributed by atoms with van der Waals surface area (Å²) in [6.07, 6.45) is 1.42. The lowest BCUT2D eigenvalue weighted by Crippen LogP contribution is -2.44. The summed E-state index contributed by atoms with van der Waals surface area (Å²) < 4.78 is 11.3. The lowest BCUT2D eigenvalue weighted by atomic mass is 9.87. The number of carbonyl (C=O) groups excluding carboxylic acids is 1. The highest BCUT2D eigenvalue weighted by Crippen LogP contribution is 2.43. The van der Waals surface area contributed by atoms with Crippen molar-refractivity contribution >= 4 is 11.9 Å². The maximum atomic E-state index is 11.9. The fraction of sp³-hybridized carbons (Fsp3) is 0.556. The third kappa shape index (κ3) is 3.24. The van der Waals surface area contributed by atoms with Gasteiger partial charge >= 0.3 is 11.9 Å². The summed E-state index contributed by atoms with van der Waals surface area (Å²) in [7, 11) is 0. The van der Waals surface area contributed by atoms with Crippen LogP contribution < -0.4 is 9.47 Å². The molecule has 2 N–H and O–H groups in total. The van der Waals surface area contributed by atoms with Gasteiger partial charge in [0.1, 0.15) is 11.5 Å². The molecule has 1 aliphatic rings. The van der Waals surface area contributed by atoms with E-state index in [0.29, 0.717) is 30.8 Å². The van der Waals surface area contributed by atoms with Gasteiger partial charge < -0.3 is 19.7 Å². The van der Waals surface area contributed by atoms with Crippen LogP contribution in [0, 0.1) is 20.8 Å². The van der Waals surface area contributed by atoms with Gasteiger partial charge in [-0.3, -0.25) is 4.79 Å². The maximum absolute atomic E-state index is 11.9. The molecule has 1 heterocycles. The van der Waals surface area contributed by atoms with Crippen molar-refractivity contribution in [3.8, 4) is 11.5 Å². The van der Waals surface area contributed by atoms with Crippen LogP contribution in [-0.2, 0) is 16.0 Å². The third-order valence-electron chi connectivity index (χ3n) is 4.70. The van der Waals surface area contributed by atoms with Crippen molar-refractivity contribution in [3.63, 3.8) is 0 Å². The van der Waals surface area contributed by atoms with Crippen LogP contribution in [0.5, 0.6) is 11.5 Å². The van der Waals surface area contributed by atoms with E-state index in [4.69, 9.17) is 14.6 Å². The zero-order chi connectivity index (χ0) is 18.1. The Morgan fingerprint density at radius 2 is 1.88 bits per heavy atom. The van der Waals surface area contributed by atoms with Crippen molar-refractivity contribution in [2.24, 2.45) is 0 Å². The zero-order valence-electron chi connectivity index (χ0n) is 14.6. The molecular formula is C18H24O6. The molecule has 0 aliphatic carbocycles. The largest absolute Gasteiger partial charge is 0.478 e. The molecule has 24 heavy (non-hydrogen) atoms. The molecule has 2 rings (SSSR count). The first-order valence-corrected chi connectivity index (χ1v) is 8.08. The van der Waals surface area contributed by atoms with Crippen molar-refractivity contribution in [1.82, 2.24) is 0 Å². The fourth-order valence-corrected chi connectivity index (χ4v) is 2.93. The SMILES string of the molecule is Cc1c(C)c2c(c(C)c1OC(=O)CCCO)CCC(C)(C(=O)O)O2. The summed E-state index contributed by atoms with van der Waals surface area (Å²) in [6.45, 7) is 7.04. The van der Waals surface area contributed by atoms with Crippen molar-refractivity contribution in [2.75, 3.05) is 6.61 Å². The molecule has 0 saturated carbocycles. The van der Waals surface area contributed by atoms with E-state index in [0.717, 1.165) is 22.3 Å². The number of hydrogen-bond donors (Lipinski definition) is 2. The number of carbonyl (C=O) groups is 2. The molecule has 1 aliphatic heterocycles. The van der Waals surface area contributed by atoms with Crippen LogP contribution in [0.15, 0.2) is 0 Å². The lowest BCUT2D eigenvalue weighted by Gasteiger charge is -2.35. The van der Waals surface area contributed by atoms with Crippen molar-refractivity contribution < 1.29 is 29.3 Å². The number of carboxylic acids is 1. The highest BCUT2D eigenvalue weighted by molar-refractivity contribution is 5.79. The number of hydrogen-bond acceptors (Lipinski definition) is 5. The zero-order valence-corrected chi connectivity index (χ0v) is 14.6. The van der Waals surface area contributed by atoms with Gasteiger partial charge in [0.2, 0.25) is 5.60 Å². The van der Waals surface area contributed by atoms with Gasteiger partial charge in [0.15, 0.2) is 0 Å². The third-order valence-corrected chi connectivity index (χ3v) is 4.70. The fourth-order valence-electron chi connectivity index (χ4n) is 2.93. The van der Waals surface area contributed by atoms with Gasteiger partial charge in [-0.1, -0.05) is 0 Å². The Kier molecular flexibility index (Phi) is 5.18. The molecule has 1 aromatic carbocycles. The molecule has 0 bridgehead atoms. The number of ether oxygens (including phenoxy) is 2. The molecule has 0 amide bonds. The number of aliphatic carboxylic acids is 1. The Morgan fingerprint density at radius 1 is 1.21 bits per heavy atom. The van der Waals surface area contributed by atoms with E-state index < -0.39 is 11.6 Å². The Balaban J connectivity index is 2.41. The van der Waals surface area contributed by atoms with Crippen LogP contribution in [0.3, 0.4) is 0 Å². The van der Waals surface area contributed by atoms with Crippen LogP contribution in [-0.4, -0.2) is 34.4 Å². The Bertz CT molecular complexity index is 679. The topological polar surface area (TPSA) is 93.1 Å². The number of rotatable bonds is 5. The average molecular weight is 336 g/mol. The Hall–Kier alpha value is -2.08. The minimum Gasteiger partial charge on any atom is -0.478 e. The molecule has 1 atom stereocenters. The van der Waals surface area contributed by atoms with Crippen molar-refractivity contribution in [3.05, 3.63) is 22.3 Å². The van der Waals surface area contributed by atoms with E-state index in [1.54, 1.807) is 6.92 Å². The second-order valence-electron chi connectivity index (χ2n) is 6.45. The predicted octanol–water partition coefficient (Wildman–Crippen LogP) is 2.46. The van der Waals surface area contributed by atoms with E-state index in [9.17, 15) is 14.7 Å². The van der Waals surface area contributed by atoms with Gasteiger partial charge in [-0.05, 0) is 57.2 Å². The maximum Gasteiger partial charge on any atom is 0.347 e. The molecule has 1 aromatic rings. The second-order valence-corrected chi connectivity index (χ2v) is 6.45. The first-order valence-electron chi connectivity index (χ1n) is 8.08. The normalized spacial score (nSPS) is 19.4. The Labute approximate surface area is 141 Å². The molecule has 6 nitrogen and oxygen atoms in total. The quantitative estimate of drug-likeness (QED) is 0.634. The summed E-state index contributed by atoms with van der Waals surface area (Å²) in [5.41, 5.74) is 2.00. The monoisotopic (exact) mass is 336 g/mol. The van der Waals surface area contributed by atoms with Crippen molar-refractivity contribution in [1.29, 1.82) is 0 Å². The van der Waals surface area contributed by atoms with Gasteiger partial charge in [0.25, 0.3) is 0 Å². The summed E-state index contributed by atoms with van der Waals surface area (Å²) in [4.78, 5) is 23.4. The smallest absolute Gasteiger partial charge is 0.347 e. The average Bonchev–Trinajstić information content (AvgIpc) is 2.54. The van der Waals surface area contributed by atoms with Gasteiger partial charge in [0, 0.05) is 25.0 Å².